The molecule has 5 nitrogen and oxygen atoms in total. The van der Waals surface area contributed by atoms with Gasteiger partial charge in [0.25, 0.3) is 5.91 Å². The average molecular weight is 456 g/mol. The van der Waals surface area contributed by atoms with E-state index in [0.717, 1.165) is 47.5 Å². The Morgan fingerprint density at radius 3 is 2.38 bits per heavy atom. The number of carbonyl (C=O) groups excluding carboxylic acids is 2. The third kappa shape index (κ3) is 3.64. The van der Waals surface area contributed by atoms with E-state index in [1.54, 1.807) is 0 Å². The van der Waals surface area contributed by atoms with Crippen molar-refractivity contribution in [2.45, 2.75) is 65.1 Å². The Balaban J connectivity index is 1.66. The number of hydrogen-bond donors (Lipinski definition) is 1. The minimum Gasteiger partial charge on any atom is -0.355 e. The lowest BCUT2D eigenvalue weighted by atomic mass is 9.83. The summed E-state index contributed by atoms with van der Waals surface area (Å²) in [4.78, 5) is 31.8. The van der Waals surface area contributed by atoms with Crippen LogP contribution in [0.25, 0.3) is 0 Å². The second-order valence-corrected chi connectivity index (χ2v) is 10.4. The maximum Gasteiger partial charge on any atom is 0.255 e. The van der Waals surface area contributed by atoms with Crippen LogP contribution in [0.3, 0.4) is 0 Å². The summed E-state index contributed by atoms with van der Waals surface area (Å²) in [5.74, 6) is 0.120. The molecule has 2 heterocycles. The van der Waals surface area contributed by atoms with Crippen molar-refractivity contribution in [2.24, 2.45) is 5.92 Å². The summed E-state index contributed by atoms with van der Waals surface area (Å²) in [7, 11) is 0. The predicted octanol–water partition coefficient (Wildman–Crippen LogP) is 5.66. The number of anilines is 2. The Morgan fingerprint density at radius 2 is 1.74 bits per heavy atom. The minimum atomic E-state index is -0.557. The number of carbonyl (C=O) groups is 2. The molecule has 2 aliphatic heterocycles. The number of para-hydroxylation sites is 2. The number of rotatable bonds is 4. The van der Waals surface area contributed by atoms with Crippen molar-refractivity contribution in [3.63, 3.8) is 0 Å². The van der Waals surface area contributed by atoms with Crippen LogP contribution in [0.15, 0.2) is 77.5 Å². The highest BCUT2D eigenvalue weighted by Gasteiger charge is 2.51. The number of allylic oxidation sites excluding steroid dienone is 1. The Bertz CT molecular complexity index is 1190. The van der Waals surface area contributed by atoms with Crippen LogP contribution >= 0.6 is 0 Å². The number of fused-ring (bicyclic) bond motifs is 1. The van der Waals surface area contributed by atoms with Crippen LogP contribution in [0.2, 0.25) is 0 Å². The van der Waals surface area contributed by atoms with Gasteiger partial charge in [0.2, 0.25) is 5.91 Å². The highest BCUT2D eigenvalue weighted by molar-refractivity contribution is 6.08. The third-order valence-electron chi connectivity index (χ3n) is 7.40. The van der Waals surface area contributed by atoms with Gasteiger partial charge in [-0.05, 0) is 58.2 Å². The fraction of sp³-hybridized carbons (Fsp3) is 0.379. The van der Waals surface area contributed by atoms with E-state index in [4.69, 9.17) is 0 Å². The van der Waals surface area contributed by atoms with Crippen LogP contribution in [-0.2, 0) is 16.1 Å². The summed E-state index contributed by atoms with van der Waals surface area (Å²) < 4.78 is 0. The van der Waals surface area contributed by atoms with Gasteiger partial charge in [-0.25, -0.2) is 0 Å². The van der Waals surface area contributed by atoms with Crippen molar-refractivity contribution < 1.29 is 9.59 Å². The lowest BCUT2D eigenvalue weighted by Gasteiger charge is -2.37. The van der Waals surface area contributed by atoms with Crippen molar-refractivity contribution in [1.29, 1.82) is 0 Å². The summed E-state index contributed by atoms with van der Waals surface area (Å²) in [6, 6.07) is 17.6. The Labute approximate surface area is 202 Å². The Morgan fingerprint density at radius 1 is 1.06 bits per heavy atom. The number of hydrogen-bond acceptors (Lipinski definition) is 3. The molecular weight excluding hydrogens is 422 g/mol. The molecule has 2 amide bonds. The molecule has 0 radical (unpaired) electrons. The molecule has 0 spiro atoms. The van der Waals surface area contributed by atoms with E-state index >= 15 is 0 Å². The molecule has 176 valence electrons. The van der Waals surface area contributed by atoms with Gasteiger partial charge in [-0.15, -0.1) is 0 Å². The third-order valence-corrected chi connectivity index (χ3v) is 7.40. The van der Waals surface area contributed by atoms with E-state index in [0.29, 0.717) is 12.1 Å². The zero-order chi connectivity index (χ0) is 24.0. The van der Waals surface area contributed by atoms with Gasteiger partial charge < -0.3 is 10.2 Å². The number of amides is 2. The molecule has 1 aliphatic carbocycles. The Hall–Kier alpha value is -3.34. The van der Waals surface area contributed by atoms with Crippen LogP contribution in [0.1, 0.15) is 52.5 Å². The van der Waals surface area contributed by atoms with Gasteiger partial charge in [-0.3, -0.25) is 14.5 Å². The van der Waals surface area contributed by atoms with E-state index in [1.807, 2.05) is 66.1 Å². The lowest BCUT2D eigenvalue weighted by Crippen LogP contribution is -2.48. The second-order valence-electron chi connectivity index (χ2n) is 10.4. The van der Waals surface area contributed by atoms with Gasteiger partial charge in [-0.1, -0.05) is 60.5 Å². The van der Waals surface area contributed by atoms with Crippen LogP contribution in [0, 0.1) is 5.92 Å². The number of nitrogens with zero attached hydrogens (tertiary/aromatic N) is 2. The van der Waals surface area contributed by atoms with E-state index in [-0.39, 0.29) is 17.7 Å². The van der Waals surface area contributed by atoms with Crippen molar-refractivity contribution in [3.8, 4) is 0 Å². The molecule has 1 atom stereocenters. The van der Waals surface area contributed by atoms with Gasteiger partial charge in [-0.2, -0.15) is 0 Å². The smallest absolute Gasteiger partial charge is 0.255 e. The van der Waals surface area contributed by atoms with Gasteiger partial charge in [0.05, 0.1) is 34.2 Å². The molecule has 2 aromatic carbocycles. The molecule has 0 saturated heterocycles. The SMILES string of the molecule is CC(C)=CC1C2=C(Nc3ccccc3N1C(=O)C1CCC1)C(C)(C)N(Cc1ccccc1)C2=O. The van der Waals surface area contributed by atoms with E-state index < -0.39 is 11.6 Å². The quantitative estimate of drug-likeness (QED) is 0.606. The summed E-state index contributed by atoms with van der Waals surface area (Å²) in [5, 5.41) is 3.61. The van der Waals surface area contributed by atoms with Crippen molar-refractivity contribution in [3.05, 3.63) is 83.1 Å². The van der Waals surface area contributed by atoms with Crippen LogP contribution in [-0.4, -0.2) is 28.3 Å². The van der Waals surface area contributed by atoms with Gasteiger partial charge >= 0.3 is 0 Å². The summed E-state index contributed by atoms with van der Waals surface area (Å²) in [6.07, 6.45) is 4.99. The van der Waals surface area contributed by atoms with E-state index in [2.05, 4.69) is 37.4 Å². The van der Waals surface area contributed by atoms with Crippen molar-refractivity contribution >= 4 is 23.2 Å². The first kappa shape index (κ1) is 22.5. The maximum absolute atomic E-state index is 14.1. The second kappa shape index (κ2) is 8.46. The zero-order valence-corrected chi connectivity index (χ0v) is 20.5. The van der Waals surface area contributed by atoms with Crippen molar-refractivity contribution in [1.82, 2.24) is 4.90 Å². The standard InChI is InChI=1S/C29H33N3O2/c1-19(2)17-24-25-26(29(3,4)31(28(25)34)18-20-11-6-5-7-12-20)30-22-15-8-9-16-23(22)32(24)27(33)21-13-10-14-21/h5-9,11-12,15-17,21,24,30H,10,13-14,18H2,1-4H3. The fourth-order valence-corrected chi connectivity index (χ4v) is 5.29. The van der Waals surface area contributed by atoms with E-state index in [1.165, 1.54) is 0 Å². The number of nitrogens with one attached hydrogen (secondary N) is 1. The first-order valence-electron chi connectivity index (χ1n) is 12.2. The molecule has 3 aliphatic rings. The van der Waals surface area contributed by atoms with Crippen molar-refractivity contribution in [2.75, 3.05) is 10.2 Å². The lowest BCUT2D eigenvalue weighted by molar-refractivity contribution is -0.129. The molecule has 1 unspecified atom stereocenters. The molecule has 0 bridgehead atoms. The van der Waals surface area contributed by atoms with Gasteiger partial charge in [0.1, 0.15) is 0 Å². The first-order valence-corrected chi connectivity index (χ1v) is 12.2. The average Bonchev–Trinajstić information content (AvgIpc) is 2.87. The first-order chi connectivity index (χ1) is 16.3. The van der Waals surface area contributed by atoms with Crippen LogP contribution < -0.4 is 10.2 Å². The topological polar surface area (TPSA) is 52.7 Å². The van der Waals surface area contributed by atoms with E-state index in [9.17, 15) is 9.59 Å². The highest BCUT2D eigenvalue weighted by Crippen LogP contribution is 2.46. The highest BCUT2D eigenvalue weighted by atomic mass is 16.2. The van der Waals surface area contributed by atoms with Crippen LogP contribution in [0.4, 0.5) is 11.4 Å². The Kier molecular flexibility index (Phi) is 5.59. The fourth-order valence-electron chi connectivity index (χ4n) is 5.29. The molecule has 5 rings (SSSR count). The van der Waals surface area contributed by atoms with Gasteiger partial charge in [0, 0.05) is 12.5 Å². The minimum absolute atomic E-state index is 0.0157. The molecular formula is C29H33N3O2. The molecule has 34 heavy (non-hydrogen) atoms. The zero-order valence-electron chi connectivity index (χ0n) is 20.5. The molecule has 1 N–H and O–H groups in total. The normalized spacial score (nSPS) is 21.3. The summed E-state index contributed by atoms with van der Waals surface area (Å²) in [6.45, 7) is 8.76. The molecule has 0 aromatic heterocycles. The summed E-state index contributed by atoms with van der Waals surface area (Å²) >= 11 is 0. The van der Waals surface area contributed by atoms with Gasteiger partial charge in [0.15, 0.2) is 0 Å². The monoisotopic (exact) mass is 455 g/mol. The van der Waals surface area contributed by atoms with Crippen LogP contribution in [0.5, 0.6) is 0 Å². The molecule has 1 saturated carbocycles. The molecule has 5 heteroatoms. The predicted molar refractivity (Wildman–Crippen MR) is 136 cm³/mol. The largest absolute Gasteiger partial charge is 0.355 e. The maximum atomic E-state index is 14.1. The summed E-state index contributed by atoms with van der Waals surface area (Å²) in [5.41, 5.74) is 4.87. The molecule has 2 aromatic rings. The molecule has 1 fully saturated rings. The number of benzene rings is 2.